The molecule has 4 nitrogen and oxygen atoms in total. The maximum atomic E-state index is 11.9. The number of aryl methyl sites for hydroxylation is 1. The summed E-state index contributed by atoms with van der Waals surface area (Å²) in [5.41, 5.74) is 1.75. The van der Waals surface area contributed by atoms with Crippen molar-refractivity contribution in [3.8, 4) is 17.0 Å². The Morgan fingerprint density at radius 2 is 2.00 bits per heavy atom. The molecule has 0 aliphatic heterocycles. The molecule has 126 valence electrons. The summed E-state index contributed by atoms with van der Waals surface area (Å²) in [4.78, 5) is 16.5. The Labute approximate surface area is 153 Å². The van der Waals surface area contributed by atoms with E-state index in [0.29, 0.717) is 38.8 Å². The molecule has 0 aliphatic rings. The zero-order chi connectivity index (χ0) is 17.6. The highest BCUT2D eigenvalue weighted by atomic mass is 35.5. The first kappa shape index (κ1) is 17.3. The molecule has 0 bridgehead atoms. The van der Waals surface area contributed by atoms with E-state index in [0.717, 1.165) is 10.7 Å². The van der Waals surface area contributed by atoms with Crippen molar-refractivity contribution in [3.05, 3.63) is 42.5 Å². The van der Waals surface area contributed by atoms with Gasteiger partial charge < -0.3 is 9.15 Å². The van der Waals surface area contributed by atoms with E-state index in [2.05, 4.69) is 18.8 Å². The van der Waals surface area contributed by atoms with Crippen LogP contribution in [0.2, 0.25) is 10.0 Å². The lowest BCUT2D eigenvalue weighted by Gasteiger charge is -2.13. The second-order valence-electron chi connectivity index (χ2n) is 5.70. The molecule has 0 atom stereocenters. The molecular weight excluding hydrogens is 369 g/mol. The highest BCUT2D eigenvalue weighted by Crippen LogP contribution is 2.43. The monoisotopic (exact) mass is 383 g/mol. The smallest absolute Gasteiger partial charge is 0.355 e. The Bertz CT molecular complexity index is 992. The SMILES string of the molecule is COc1c(Cl)c(-c2csc(C(C)C)n2)cc2oc(=O)c(Cl)c(C)c12. The van der Waals surface area contributed by atoms with Crippen LogP contribution >= 0.6 is 34.5 Å². The zero-order valence-electron chi connectivity index (χ0n) is 13.6. The number of hydrogen-bond donors (Lipinski definition) is 0. The Balaban J connectivity index is 2.36. The van der Waals surface area contributed by atoms with E-state index in [9.17, 15) is 4.79 Å². The van der Waals surface area contributed by atoms with Gasteiger partial charge in [0, 0.05) is 16.9 Å². The van der Waals surface area contributed by atoms with E-state index in [1.54, 1.807) is 24.3 Å². The topological polar surface area (TPSA) is 52.3 Å². The molecule has 0 N–H and O–H groups in total. The maximum Gasteiger partial charge on any atom is 0.355 e. The van der Waals surface area contributed by atoms with E-state index in [4.69, 9.17) is 32.4 Å². The van der Waals surface area contributed by atoms with Gasteiger partial charge in [-0.2, -0.15) is 0 Å². The number of nitrogens with zero attached hydrogens (tertiary/aromatic N) is 1. The first-order valence-corrected chi connectivity index (χ1v) is 8.93. The molecule has 0 radical (unpaired) electrons. The molecule has 7 heteroatoms. The lowest BCUT2D eigenvalue weighted by atomic mass is 10.1. The fourth-order valence-electron chi connectivity index (χ4n) is 2.51. The van der Waals surface area contributed by atoms with Gasteiger partial charge >= 0.3 is 5.63 Å². The van der Waals surface area contributed by atoms with Crippen LogP contribution in [0.4, 0.5) is 0 Å². The maximum absolute atomic E-state index is 11.9. The van der Waals surface area contributed by atoms with Crippen molar-refractivity contribution in [1.82, 2.24) is 4.98 Å². The summed E-state index contributed by atoms with van der Waals surface area (Å²) >= 11 is 14.1. The van der Waals surface area contributed by atoms with E-state index in [-0.39, 0.29) is 5.02 Å². The summed E-state index contributed by atoms with van der Waals surface area (Å²) in [6.45, 7) is 5.89. The Hall–Kier alpha value is -1.56. The zero-order valence-corrected chi connectivity index (χ0v) is 15.9. The van der Waals surface area contributed by atoms with Gasteiger partial charge in [-0.3, -0.25) is 0 Å². The minimum Gasteiger partial charge on any atom is -0.494 e. The number of ether oxygens (including phenoxy) is 1. The van der Waals surface area contributed by atoms with Gasteiger partial charge in [-0.15, -0.1) is 11.3 Å². The Kier molecular flexibility index (Phi) is 4.60. The van der Waals surface area contributed by atoms with E-state index < -0.39 is 5.63 Å². The number of benzene rings is 1. The molecule has 0 saturated heterocycles. The molecule has 0 aliphatic carbocycles. The minimum atomic E-state index is -0.585. The van der Waals surface area contributed by atoms with Crippen molar-refractivity contribution in [2.24, 2.45) is 0 Å². The van der Waals surface area contributed by atoms with Crippen molar-refractivity contribution in [3.63, 3.8) is 0 Å². The van der Waals surface area contributed by atoms with Crippen LogP contribution in [-0.2, 0) is 0 Å². The molecule has 0 spiro atoms. The summed E-state index contributed by atoms with van der Waals surface area (Å²) in [5.74, 6) is 0.746. The molecule has 0 saturated carbocycles. The largest absolute Gasteiger partial charge is 0.494 e. The quantitative estimate of drug-likeness (QED) is 0.547. The first-order valence-electron chi connectivity index (χ1n) is 7.30. The second-order valence-corrected chi connectivity index (χ2v) is 7.34. The molecule has 0 amide bonds. The van der Waals surface area contributed by atoms with Crippen molar-refractivity contribution in [2.45, 2.75) is 26.7 Å². The molecule has 0 unspecified atom stereocenters. The van der Waals surface area contributed by atoms with E-state index in [1.165, 1.54) is 7.11 Å². The van der Waals surface area contributed by atoms with E-state index in [1.807, 2.05) is 5.38 Å². The number of thiazole rings is 1. The molecule has 0 fully saturated rings. The van der Waals surface area contributed by atoms with Crippen molar-refractivity contribution < 1.29 is 9.15 Å². The lowest BCUT2D eigenvalue weighted by Crippen LogP contribution is -2.03. The first-order chi connectivity index (χ1) is 11.3. The number of methoxy groups -OCH3 is 1. The average molecular weight is 384 g/mol. The van der Waals surface area contributed by atoms with Crippen LogP contribution in [-0.4, -0.2) is 12.1 Å². The average Bonchev–Trinajstić information content (AvgIpc) is 3.03. The third-order valence-electron chi connectivity index (χ3n) is 3.77. The van der Waals surface area contributed by atoms with Gasteiger partial charge in [0.2, 0.25) is 0 Å². The minimum absolute atomic E-state index is 0.0281. The van der Waals surface area contributed by atoms with Gasteiger partial charge in [-0.25, -0.2) is 9.78 Å². The van der Waals surface area contributed by atoms with Crippen LogP contribution in [0.15, 0.2) is 20.7 Å². The summed E-state index contributed by atoms with van der Waals surface area (Å²) < 4.78 is 10.8. The van der Waals surface area contributed by atoms with Gasteiger partial charge in [0.05, 0.1) is 28.2 Å². The summed E-state index contributed by atoms with van der Waals surface area (Å²) in [5, 5.41) is 3.98. The molecule has 2 aromatic heterocycles. The molecular formula is C17H15Cl2NO3S. The van der Waals surface area contributed by atoms with Crippen LogP contribution in [0, 0.1) is 6.92 Å². The van der Waals surface area contributed by atoms with Gasteiger partial charge in [0.25, 0.3) is 0 Å². The molecule has 3 aromatic rings. The number of fused-ring (bicyclic) bond motifs is 1. The van der Waals surface area contributed by atoms with Crippen LogP contribution in [0.3, 0.4) is 0 Å². The normalized spacial score (nSPS) is 11.5. The predicted octanol–water partition coefficient (Wildman–Crippen LogP) is 5.66. The van der Waals surface area contributed by atoms with Gasteiger partial charge in [-0.1, -0.05) is 37.0 Å². The molecule has 24 heavy (non-hydrogen) atoms. The van der Waals surface area contributed by atoms with Crippen LogP contribution in [0.5, 0.6) is 5.75 Å². The Morgan fingerprint density at radius 1 is 1.29 bits per heavy atom. The molecule has 1 aromatic carbocycles. The van der Waals surface area contributed by atoms with Crippen LogP contribution < -0.4 is 10.4 Å². The van der Waals surface area contributed by atoms with Crippen molar-refractivity contribution >= 4 is 45.5 Å². The summed E-state index contributed by atoms with van der Waals surface area (Å²) in [6, 6.07) is 1.71. The van der Waals surface area contributed by atoms with Crippen molar-refractivity contribution in [1.29, 1.82) is 0 Å². The van der Waals surface area contributed by atoms with Gasteiger partial charge in [-0.05, 0) is 18.6 Å². The van der Waals surface area contributed by atoms with Gasteiger partial charge in [0.15, 0.2) is 0 Å². The van der Waals surface area contributed by atoms with Crippen LogP contribution in [0.1, 0.15) is 30.3 Å². The summed E-state index contributed by atoms with van der Waals surface area (Å²) in [7, 11) is 1.52. The fraction of sp³-hybridized carbons (Fsp3) is 0.294. The number of aromatic nitrogens is 1. The third-order valence-corrected chi connectivity index (χ3v) is 5.73. The number of hydrogen-bond acceptors (Lipinski definition) is 5. The highest BCUT2D eigenvalue weighted by molar-refractivity contribution is 7.10. The Morgan fingerprint density at radius 3 is 2.58 bits per heavy atom. The predicted molar refractivity (Wildman–Crippen MR) is 99.0 cm³/mol. The van der Waals surface area contributed by atoms with Crippen LogP contribution in [0.25, 0.3) is 22.2 Å². The third kappa shape index (κ3) is 2.70. The van der Waals surface area contributed by atoms with Crippen molar-refractivity contribution in [2.75, 3.05) is 7.11 Å². The number of halogens is 2. The summed E-state index contributed by atoms with van der Waals surface area (Å²) in [6.07, 6.45) is 0. The standard InChI is InChI=1S/C17H15Cl2NO3S/c1-7(2)16-20-10(6-24-16)9-5-11-12(15(22-4)14(9)19)8(3)13(18)17(21)23-11/h5-7H,1-4H3. The number of rotatable bonds is 3. The lowest BCUT2D eigenvalue weighted by molar-refractivity contribution is 0.419. The fourth-order valence-corrected chi connectivity index (χ4v) is 3.80. The molecule has 3 rings (SSSR count). The molecule has 2 heterocycles. The van der Waals surface area contributed by atoms with E-state index >= 15 is 0 Å². The van der Waals surface area contributed by atoms with Gasteiger partial charge in [0.1, 0.15) is 16.4 Å². The second kappa shape index (κ2) is 6.39. The highest BCUT2D eigenvalue weighted by Gasteiger charge is 2.21.